The number of thiazole rings is 1. The van der Waals surface area contributed by atoms with Gasteiger partial charge in [-0.15, -0.1) is 11.3 Å². The molecule has 0 amide bonds. The molecule has 2 atom stereocenters. The number of hydrogen-bond donors (Lipinski definition) is 1. The number of imidazole rings is 1. The van der Waals surface area contributed by atoms with Crippen molar-refractivity contribution in [1.82, 2.24) is 14.3 Å². The van der Waals surface area contributed by atoms with Crippen molar-refractivity contribution < 1.29 is 9.90 Å². The van der Waals surface area contributed by atoms with Crippen LogP contribution in [-0.2, 0) is 11.3 Å². The lowest BCUT2D eigenvalue weighted by Gasteiger charge is -2.21. The highest BCUT2D eigenvalue weighted by atomic mass is 32.1. The molecule has 3 heterocycles. The number of carboxylic acid groups (broad SMARTS) is 1. The highest BCUT2D eigenvalue weighted by Gasteiger charge is 2.35. The van der Waals surface area contributed by atoms with Crippen molar-refractivity contribution in [2.24, 2.45) is 5.92 Å². The SMILES string of the molecule is CC1C(C(=O)O)CCN1Cc1cn2ccsc2n1. The Kier molecular flexibility index (Phi) is 2.83. The van der Waals surface area contributed by atoms with Crippen LogP contribution < -0.4 is 0 Å². The van der Waals surface area contributed by atoms with E-state index < -0.39 is 5.97 Å². The number of likely N-dealkylation sites (tertiary alicyclic amines) is 1. The zero-order chi connectivity index (χ0) is 12.7. The molecule has 0 aromatic carbocycles. The van der Waals surface area contributed by atoms with E-state index in [0.717, 1.165) is 30.2 Å². The van der Waals surface area contributed by atoms with E-state index in [-0.39, 0.29) is 12.0 Å². The predicted octanol–water partition coefficient (Wildman–Crippen LogP) is 1.69. The summed E-state index contributed by atoms with van der Waals surface area (Å²) in [7, 11) is 0. The zero-order valence-electron chi connectivity index (χ0n) is 10.1. The third-order valence-corrected chi connectivity index (χ3v) is 4.48. The molecule has 0 aliphatic carbocycles. The Hall–Kier alpha value is -1.40. The molecule has 96 valence electrons. The summed E-state index contributed by atoms with van der Waals surface area (Å²) in [6.45, 7) is 3.56. The maximum absolute atomic E-state index is 11.1. The lowest BCUT2D eigenvalue weighted by Crippen LogP contribution is -2.32. The van der Waals surface area contributed by atoms with E-state index in [1.807, 2.05) is 29.1 Å². The van der Waals surface area contributed by atoms with Crippen LogP contribution in [0.25, 0.3) is 4.96 Å². The van der Waals surface area contributed by atoms with Crippen LogP contribution >= 0.6 is 11.3 Å². The molecule has 0 spiro atoms. The molecular weight excluding hydrogens is 250 g/mol. The topological polar surface area (TPSA) is 57.8 Å². The van der Waals surface area contributed by atoms with Gasteiger partial charge in [-0.3, -0.25) is 14.1 Å². The van der Waals surface area contributed by atoms with Gasteiger partial charge in [0.2, 0.25) is 0 Å². The zero-order valence-corrected chi connectivity index (χ0v) is 10.9. The van der Waals surface area contributed by atoms with Crippen LogP contribution in [0.2, 0.25) is 0 Å². The Labute approximate surface area is 109 Å². The van der Waals surface area contributed by atoms with Gasteiger partial charge in [0.15, 0.2) is 4.96 Å². The molecule has 2 unspecified atom stereocenters. The number of nitrogens with zero attached hydrogens (tertiary/aromatic N) is 3. The smallest absolute Gasteiger partial charge is 0.308 e. The number of rotatable bonds is 3. The molecule has 0 bridgehead atoms. The van der Waals surface area contributed by atoms with Gasteiger partial charge in [0.05, 0.1) is 11.6 Å². The third-order valence-electron chi connectivity index (χ3n) is 3.71. The maximum atomic E-state index is 11.1. The molecular formula is C12H15N3O2S. The van der Waals surface area contributed by atoms with E-state index in [0.29, 0.717) is 0 Å². The average molecular weight is 265 g/mol. The first-order chi connectivity index (χ1) is 8.65. The molecule has 1 saturated heterocycles. The fourth-order valence-corrected chi connectivity index (χ4v) is 3.34. The van der Waals surface area contributed by atoms with Gasteiger partial charge in [-0.1, -0.05) is 0 Å². The van der Waals surface area contributed by atoms with Crippen LogP contribution in [0, 0.1) is 5.92 Å². The largest absolute Gasteiger partial charge is 0.481 e. The molecule has 1 aliphatic rings. The average Bonchev–Trinajstić information content (AvgIpc) is 2.94. The summed E-state index contributed by atoms with van der Waals surface area (Å²) < 4.78 is 2.01. The van der Waals surface area contributed by atoms with E-state index in [2.05, 4.69) is 9.88 Å². The predicted molar refractivity (Wildman–Crippen MR) is 68.7 cm³/mol. The number of aliphatic carboxylic acids is 1. The fourth-order valence-electron chi connectivity index (χ4n) is 2.62. The van der Waals surface area contributed by atoms with Crippen LogP contribution in [0.3, 0.4) is 0 Å². The van der Waals surface area contributed by atoms with Crippen LogP contribution in [0.5, 0.6) is 0 Å². The van der Waals surface area contributed by atoms with Crippen molar-refractivity contribution in [2.75, 3.05) is 6.54 Å². The summed E-state index contributed by atoms with van der Waals surface area (Å²) in [6, 6.07) is 0.0854. The summed E-state index contributed by atoms with van der Waals surface area (Å²) in [4.78, 5) is 18.8. The minimum atomic E-state index is -0.684. The summed E-state index contributed by atoms with van der Waals surface area (Å²) in [5.74, 6) is -0.926. The van der Waals surface area contributed by atoms with Crippen molar-refractivity contribution in [1.29, 1.82) is 0 Å². The summed E-state index contributed by atoms with van der Waals surface area (Å²) >= 11 is 1.61. The first kappa shape index (κ1) is 11.7. The van der Waals surface area contributed by atoms with Crippen LogP contribution in [-0.4, -0.2) is 37.9 Å². The Bertz CT molecular complexity index is 548. The van der Waals surface area contributed by atoms with Crippen molar-refractivity contribution in [3.05, 3.63) is 23.5 Å². The third kappa shape index (κ3) is 1.91. The van der Waals surface area contributed by atoms with Crippen molar-refractivity contribution >= 4 is 22.3 Å². The summed E-state index contributed by atoms with van der Waals surface area (Å²) in [5, 5.41) is 11.1. The van der Waals surface area contributed by atoms with Crippen molar-refractivity contribution in [3.8, 4) is 0 Å². The highest BCUT2D eigenvalue weighted by Crippen LogP contribution is 2.26. The van der Waals surface area contributed by atoms with Gasteiger partial charge in [0.1, 0.15) is 0 Å². The second kappa shape index (κ2) is 4.37. The molecule has 2 aromatic rings. The lowest BCUT2D eigenvalue weighted by molar-refractivity contribution is -0.142. The number of aromatic nitrogens is 2. The second-order valence-corrected chi connectivity index (χ2v) is 5.64. The minimum Gasteiger partial charge on any atom is -0.481 e. The number of hydrogen-bond acceptors (Lipinski definition) is 4. The van der Waals surface area contributed by atoms with Gasteiger partial charge in [0, 0.05) is 30.4 Å². The molecule has 1 N–H and O–H groups in total. The molecule has 1 aliphatic heterocycles. The minimum absolute atomic E-state index is 0.0854. The Morgan fingerprint density at radius 2 is 2.50 bits per heavy atom. The van der Waals surface area contributed by atoms with Gasteiger partial charge in [0.25, 0.3) is 0 Å². The van der Waals surface area contributed by atoms with Crippen LogP contribution in [0.15, 0.2) is 17.8 Å². The van der Waals surface area contributed by atoms with Crippen molar-refractivity contribution in [3.63, 3.8) is 0 Å². The quantitative estimate of drug-likeness (QED) is 0.917. The molecule has 3 rings (SSSR count). The van der Waals surface area contributed by atoms with Gasteiger partial charge in [-0.05, 0) is 19.9 Å². The number of fused-ring (bicyclic) bond motifs is 1. The molecule has 6 heteroatoms. The van der Waals surface area contributed by atoms with Gasteiger partial charge in [-0.2, -0.15) is 0 Å². The van der Waals surface area contributed by atoms with E-state index in [1.165, 1.54) is 0 Å². The maximum Gasteiger partial charge on any atom is 0.308 e. The fraction of sp³-hybridized carbons (Fsp3) is 0.500. The van der Waals surface area contributed by atoms with E-state index in [4.69, 9.17) is 5.11 Å². The normalized spacial score (nSPS) is 24.9. The Balaban J connectivity index is 1.73. The first-order valence-corrected chi connectivity index (χ1v) is 6.91. The summed E-state index contributed by atoms with van der Waals surface area (Å²) in [6.07, 6.45) is 4.75. The Morgan fingerprint density at radius 1 is 1.67 bits per heavy atom. The van der Waals surface area contributed by atoms with E-state index in [9.17, 15) is 4.79 Å². The number of carbonyl (C=O) groups is 1. The van der Waals surface area contributed by atoms with E-state index >= 15 is 0 Å². The molecule has 5 nitrogen and oxygen atoms in total. The van der Waals surface area contributed by atoms with Gasteiger partial charge in [-0.25, -0.2) is 4.98 Å². The van der Waals surface area contributed by atoms with Crippen LogP contribution in [0.1, 0.15) is 19.0 Å². The summed E-state index contributed by atoms with van der Waals surface area (Å²) in [5.41, 5.74) is 1.01. The molecule has 0 saturated carbocycles. The first-order valence-electron chi connectivity index (χ1n) is 6.03. The van der Waals surface area contributed by atoms with Crippen LogP contribution in [0.4, 0.5) is 0 Å². The van der Waals surface area contributed by atoms with Crippen molar-refractivity contribution in [2.45, 2.75) is 25.9 Å². The molecule has 0 radical (unpaired) electrons. The van der Waals surface area contributed by atoms with E-state index in [1.54, 1.807) is 11.3 Å². The molecule has 1 fully saturated rings. The highest BCUT2D eigenvalue weighted by molar-refractivity contribution is 7.15. The molecule has 2 aromatic heterocycles. The standard InChI is InChI=1S/C12H15N3O2S/c1-8-10(11(16)17)2-3-14(8)6-9-7-15-4-5-18-12(15)13-9/h4-5,7-8,10H,2-3,6H2,1H3,(H,16,17). The lowest BCUT2D eigenvalue weighted by atomic mass is 10.0. The molecule has 18 heavy (non-hydrogen) atoms. The number of carboxylic acids is 1. The monoisotopic (exact) mass is 265 g/mol. The van der Waals surface area contributed by atoms with Gasteiger partial charge >= 0.3 is 5.97 Å². The Morgan fingerprint density at radius 3 is 3.17 bits per heavy atom. The van der Waals surface area contributed by atoms with Gasteiger partial charge < -0.3 is 5.11 Å². The second-order valence-electron chi connectivity index (χ2n) is 4.77.